The Morgan fingerprint density at radius 3 is 3.12 bits per heavy atom. The van der Waals surface area contributed by atoms with E-state index in [1.165, 1.54) is 12.8 Å². The van der Waals surface area contributed by atoms with Crippen molar-refractivity contribution in [3.05, 3.63) is 23.5 Å². The van der Waals surface area contributed by atoms with Crippen LogP contribution >= 0.6 is 0 Å². The van der Waals surface area contributed by atoms with Crippen LogP contribution in [0.1, 0.15) is 24.2 Å². The van der Waals surface area contributed by atoms with E-state index in [4.69, 9.17) is 0 Å². The molecule has 2 heterocycles. The van der Waals surface area contributed by atoms with Crippen molar-refractivity contribution < 1.29 is 5.11 Å². The van der Waals surface area contributed by atoms with Gasteiger partial charge in [-0.05, 0) is 45.5 Å². The number of hydrogen-bond donors (Lipinski definition) is 2. The highest BCUT2D eigenvalue weighted by Crippen LogP contribution is 2.23. The van der Waals surface area contributed by atoms with Crippen molar-refractivity contribution in [2.24, 2.45) is 0 Å². The minimum atomic E-state index is 0.311. The van der Waals surface area contributed by atoms with Gasteiger partial charge in [-0.25, -0.2) is 0 Å². The van der Waals surface area contributed by atoms with Gasteiger partial charge in [-0.2, -0.15) is 0 Å². The lowest BCUT2D eigenvalue weighted by molar-refractivity contribution is 0.236. The monoisotopic (exact) mass is 235 g/mol. The van der Waals surface area contributed by atoms with Crippen LogP contribution in [0.5, 0.6) is 5.75 Å². The van der Waals surface area contributed by atoms with Crippen molar-refractivity contribution in [2.45, 2.75) is 32.4 Å². The summed E-state index contributed by atoms with van der Waals surface area (Å²) in [5.74, 6) is 0.311. The van der Waals surface area contributed by atoms with E-state index < -0.39 is 0 Å². The van der Waals surface area contributed by atoms with E-state index in [1.807, 2.05) is 20.0 Å². The summed E-state index contributed by atoms with van der Waals surface area (Å²) >= 11 is 0. The van der Waals surface area contributed by atoms with Crippen molar-refractivity contribution >= 4 is 0 Å². The van der Waals surface area contributed by atoms with Gasteiger partial charge in [-0.3, -0.25) is 9.88 Å². The molecule has 0 aliphatic carbocycles. The lowest BCUT2D eigenvalue weighted by atomic mass is 10.2. The number of aromatic nitrogens is 1. The summed E-state index contributed by atoms with van der Waals surface area (Å²) in [5, 5.41) is 13.0. The molecule has 0 saturated carbocycles. The maximum absolute atomic E-state index is 9.81. The second-order valence-electron chi connectivity index (χ2n) is 4.74. The molecule has 0 radical (unpaired) electrons. The van der Waals surface area contributed by atoms with E-state index in [9.17, 15) is 5.11 Å². The third-order valence-corrected chi connectivity index (χ3v) is 3.38. The zero-order chi connectivity index (χ0) is 12.3. The number of nitrogens with zero attached hydrogens (tertiary/aromatic N) is 2. The highest BCUT2D eigenvalue weighted by Gasteiger charge is 2.24. The summed E-state index contributed by atoms with van der Waals surface area (Å²) in [4.78, 5) is 6.82. The van der Waals surface area contributed by atoms with Gasteiger partial charge in [0.25, 0.3) is 0 Å². The Morgan fingerprint density at radius 2 is 2.35 bits per heavy atom. The van der Waals surface area contributed by atoms with Crippen LogP contribution in [0.3, 0.4) is 0 Å². The van der Waals surface area contributed by atoms with Crippen LogP contribution in [0.4, 0.5) is 0 Å². The maximum atomic E-state index is 9.81. The van der Waals surface area contributed by atoms with Crippen LogP contribution in [-0.2, 0) is 6.54 Å². The molecule has 4 nitrogen and oxygen atoms in total. The van der Waals surface area contributed by atoms with Gasteiger partial charge in [-0.1, -0.05) is 0 Å². The van der Waals surface area contributed by atoms with Gasteiger partial charge in [0.1, 0.15) is 5.75 Å². The third-order valence-electron chi connectivity index (χ3n) is 3.38. The van der Waals surface area contributed by atoms with Gasteiger partial charge in [0.05, 0.1) is 5.69 Å². The van der Waals surface area contributed by atoms with E-state index in [0.29, 0.717) is 11.8 Å². The highest BCUT2D eigenvalue weighted by atomic mass is 16.3. The normalized spacial score (nSPS) is 20.9. The molecule has 1 unspecified atom stereocenters. The highest BCUT2D eigenvalue weighted by molar-refractivity contribution is 5.27. The Balaban J connectivity index is 2.06. The second-order valence-corrected chi connectivity index (χ2v) is 4.74. The maximum Gasteiger partial charge on any atom is 0.138 e. The molecule has 94 valence electrons. The van der Waals surface area contributed by atoms with Crippen LogP contribution in [0.2, 0.25) is 0 Å². The largest absolute Gasteiger partial charge is 0.506 e. The molecule has 2 N–H and O–H groups in total. The lowest BCUT2D eigenvalue weighted by Crippen LogP contribution is -2.36. The van der Waals surface area contributed by atoms with Crippen molar-refractivity contribution in [1.29, 1.82) is 0 Å². The number of rotatable bonds is 4. The first-order chi connectivity index (χ1) is 8.20. The lowest BCUT2D eigenvalue weighted by Gasteiger charge is -2.24. The zero-order valence-corrected chi connectivity index (χ0v) is 10.6. The van der Waals surface area contributed by atoms with Gasteiger partial charge in [0.15, 0.2) is 0 Å². The van der Waals surface area contributed by atoms with Crippen molar-refractivity contribution in [3.63, 3.8) is 0 Å². The summed E-state index contributed by atoms with van der Waals surface area (Å²) in [6.07, 6.45) is 2.46. The number of aryl methyl sites for hydroxylation is 1. The molecular weight excluding hydrogens is 214 g/mol. The molecule has 1 aromatic heterocycles. The number of nitrogens with one attached hydrogen (secondary N) is 1. The molecule has 17 heavy (non-hydrogen) atoms. The van der Waals surface area contributed by atoms with Crippen molar-refractivity contribution in [2.75, 3.05) is 20.1 Å². The predicted octanol–water partition coefficient (Wildman–Crippen LogP) is 1.28. The molecule has 1 aliphatic heterocycles. The standard InChI is InChI=1S/C13H21N3O/c1-10-5-6-13(17)12(15-10)9-16-7-3-4-11(16)8-14-2/h5-6,11,14,17H,3-4,7-9H2,1-2H3. The molecule has 0 bridgehead atoms. The summed E-state index contributed by atoms with van der Waals surface area (Å²) in [6, 6.07) is 4.15. The molecule has 4 heteroatoms. The fraction of sp³-hybridized carbons (Fsp3) is 0.615. The topological polar surface area (TPSA) is 48.4 Å². The fourth-order valence-corrected chi connectivity index (χ4v) is 2.48. The number of likely N-dealkylation sites (tertiary alicyclic amines) is 1. The Hall–Kier alpha value is -1.13. The quantitative estimate of drug-likeness (QED) is 0.825. The summed E-state index contributed by atoms with van der Waals surface area (Å²) in [5.41, 5.74) is 1.76. The van der Waals surface area contributed by atoms with Gasteiger partial charge in [-0.15, -0.1) is 0 Å². The second kappa shape index (κ2) is 5.47. The first-order valence-electron chi connectivity index (χ1n) is 6.25. The predicted molar refractivity (Wildman–Crippen MR) is 68.0 cm³/mol. The van der Waals surface area contributed by atoms with Crippen LogP contribution in [-0.4, -0.2) is 41.2 Å². The summed E-state index contributed by atoms with van der Waals surface area (Å²) < 4.78 is 0. The van der Waals surface area contributed by atoms with Crippen molar-refractivity contribution in [3.8, 4) is 5.75 Å². The summed E-state index contributed by atoms with van der Waals surface area (Å²) in [7, 11) is 1.99. The minimum absolute atomic E-state index is 0.311. The average Bonchev–Trinajstić information content (AvgIpc) is 2.72. The van der Waals surface area contributed by atoms with Crippen LogP contribution in [0.15, 0.2) is 12.1 Å². The first-order valence-corrected chi connectivity index (χ1v) is 6.25. The number of hydrogen-bond acceptors (Lipinski definition) is 4. The van der Waals surface area contributed by atoms with Gasteiger partial charge in [0, 0.05) is 24.8 Å². The van der Waals surface area contributed by atoms with Gasteiger partial charge >= 0.3 is 0 Å². The van der Waals surface area contributed by atoms with E-state index in [2.05, 4.69) is 15.2 Å². The molecule has 0 aromatic carbocycles. The fourth-order valence-electron chi connectivity index (χ4n) is 2.48. The molecule has 1 saturated heterocycles. The number of pyridine rings is 1. The zero-order valence-electron chi connectivity index (χ0n) is 10.6. The first kappa shape index (κ1) is 12.3. The van der Waals surface area contributed by atoms with Gasteiger partial charge < -0.3 is 10.4 Å². The molecule has 2 rings (SSSR count). The summed E-state index contributed by atoms with van der Waals surface area (Å²) in [6.45, 7) is 4.81. The Bertz CT molecular complexity index is 381. The van der Waals surface area contributed by atoms with E-state index in [0.717, 1.165) is 31.0 Å². The SMILES string of the molecule is CNCC1CCCN1Cc1nc(C)ccc1O. The minimum Gasteiger partial charge on any atom is -0.506 e. The molecule has 1 aromatic rings. The van der Waals surface area contributed by atoms with E-state index in [-0.39, 0.29) is 0 Å². The van der Waals surface area contributed by atoms with Gasteiger partial charge in [0.2, 0.25) is 0 Å². The van der Waals surface area contributed by atoms with E-state index >= 15 is 0 Å². The Labute approximate surface area is 103 Å². The third kappa shape index (κ3) is 2.96. The molecule has 1 fully saturated rings. The van der Waals surface area contributed by atoms with Crippen molar-refractivity contribution in [1.82, 2.24) is 15.2 Å². The molecule has 1 aliphatic rings. The Kier molecular flexibility index (Phi) is 3.97. The number of likely N-dealkylation sites (N-methyl/N-ethyl adjacent to an activating group) is 1. The smallest absolute Gasteiger partial charge is 0.138 e. The molecular formula is C13H21N3O. The van der Waals surface area contributed by atoms with Crippen LogP contribution in [0.25, 0.3) is 0 Å². The van der Waals surface area contributed by atoms with E-state index in [1.54, 1.807) is 6.07 Å². The average molecular weight is 235 g/mol. The molecule has 0 spiro atoms. The molecule has 0 amide bonds. The number of aromatic hydroxyl groups is 1. The Morgan fingerprint density at radius 1 is 1.53 bits per heavy atom. The van der Waals surface area contributed by atoms with Crippen LogP contribution < -0.4 is 5.32 Å². The van der Waals surface area contributed by atoms with Crippen LogP contribution in [0, 0.1) is 6.92 Å². The molecule has 1 atom stereocenters.